The Labute approximate surface area is 187 Å². The Kier molecular flexibility index (Phi) is 7.65. The van der Waals surface area contributed by atoms with Gasteiger partial charge in [0, 0.05) is 32.7 Å². The molecule has 0 atom stereocenters. The Morgan fingerprint density at radius 3 is 2.09 bits per heavy atom. The minimum atomic E-state index is -4.43. The molecule has 9 heteroatoms. The van der Waals surface area contributed by atoms with E-state index in [0.29, 0.717) is 36.4 Å². The number of sulfonamides is 1. The predicted octanol–water partition coefficient (Wildman–Crippen LogP) is 4.15. The molecule has 0 unspecified atom stereocenters. The van der Waals surface area contributed by atoms with Gasteiger partial charge in [0.1, 0.15) is 0 Å². The van der Waals surface area contributed by atoms with E-state index in [-0.39, 0.29) is 18.0 Å². The summed E-state index contributed by atoms with van der Waals surface area (Å²) in [7, 11) is -3.86. The van der Waals surface area contributed by atoms with Crippen LogP contribution in [0.1, 0.15) is 27.8 Å². The third-order valence-electron chi connectivity index (χ3n) is 5.61. The monoisotopic (exact) mass is 470 g/mol. The fraction of sp³-hybridized carbons (Fsp3) is 0.478. The average molecular weight is 471 g/mol. The topological polar surface area (TPSA) is 49.9 Å². The van der Waals surface area contributed by atoms with Crippen LogP contribution in [0.15, 0.2) is 41.3 Å². The van der Waals surface area contributed by atoms with Crippen LogP contribution in [0.3, 0.4) is 0 Å². The van der Waals surface area contributed by atoms with Gasteiger partial charge in [-0.05, 0) is 49.6 Å². The summed E-state index contributed by atoms with van der Waals surface area (Å²) in [6, 6.07) is 8.33. The Bertz CT molecular complexity index is 1010. The van der Waals surface area contributed by atoms with Crippen molar-refractivity contribution in [2.24, 2.45) is 0 Å². The lowest BCUT2D eigenvalue weighted by atomic mass is 10.1. The SMILES string of the molecule is Cc1cc(C)c(S(=O)(=O)N(CCN2CCOCC2)Cc2ccc(C(F)(F)F)cc2)c(C)c1. The first-order valence-corrected chi connectivity index (χ1v) is 12.0. The molecule has 5 nitrogen and oxygen atoms in total. The number of rotatable bonds is 7. The van der Waals surface area contributed by atoms with Gasteiger partial charge >= 0.3 is 6.18 Å². The third kappa shape index (κ3) is 5.89. The Balaban J connectivity index is 1.91. The van der Waals surface area contributed by atoms with Gasteiger partial charge in [0.05, 0.1) is 23.7 Å². The quantitative estimate of drug-likeness (QED) is 0.610. The highest BCUT2D eigenvalue weighted by Gasteiger charge is 2.31. The molecule has 2 aromatic carbocycles. The van der Waals surface area contributed by atoms with Gasteiger partial charge in [-0.1, -0.05) is 29.8 Å². The van der Waals surface area contributed by atoms with Crippen molar-refractivity contribution < 1.29 is 26.3 Å². The largest absolute Gasteiger partial charge is 0.416 e. The van der Waals surface area contributed by atoms with E-state index in [0.717, 1.165) is 30.8 Å². The number of hydrogen-bond acceptors (Lipinski definition) is 4. The smallest absolute Gasteiger partial charge is 0.379 e. The maximum absolute atomic E-state index is 13.7. The predicted molar refractivity (Wildman–Crippen MR) is 117 cm³/mol. The molecule has 0 spiro atoms. The van der Waals surface area contributed by atoms with Gasteiger partial charge in [0.25, 0.3) is 0 Å². The molecule has 0 aromatic heterocycles. The van der Waals surface area contributed by atoms with Crippen LogP contribution in [0.25, 0.3) is 0 Å². The van der Waals surface area contributed by atoms with E-state index < -0.39 is 21.8 Å². The van der Waals surface area contributed by atoms with Gasteiger partial charge in [-0.25, -0.2) is 8.42 Å². The fourth-order valence-electron chi connectivity index (χ4n) is 4.07. The second-order valence-corrected chi connectivity index (χ2v) is 10.1. The van der Waals surface area contributed by atoms with Crippen molar-refractivity contribution in [3.8, 4) is 0 Å². The molecule has 2 aromatic rings. The second-order valence-electron chi connectivity index (χ2n) is 8.22. The summed E-state index contributed by atoms with van der Waals surface area (Å²) < 4.78 is 72.9. The number of alkyl halides is 3. The van der Waals surface area contributed by atoms with Crippen molar-refractivity contribution in [3.05, 3.63) is 64.2 Å². The maximum Gasteiger partial charge on any atom is 0.416 e. The van der Waals surface area contributed by atoms with Gasteiger partial charge in [0.2, 0.25) is 10.0 Å². The molecule has 0 amide bonds. The minimum absolute atomic E-state index is 0.00241. The highest BCUT2D eigenvalue weighted by atomic mass is 32.2. The first kappa shape index (κ1) is 24.7. The molecule has 1 aliphatic heterocycles. The van der Waals surface area contributed by atoms with Crippen LogP contribution < -0.4 is 0 Å². The van der Waals surface area contributed by atoms with Crippen LogP contribution in [0.5, 0.6) is 0 Å². The molecule has 0 N–H and O–H groups in total. The van der Waals surface area contributed by atoms with Gasteiger partial charge in [-0.2, -0.15) is 17.5 Å². The fourth-order valence-corrected chi connectivity index (χ4v) is 5.90. The molecule has 1 aliphatic rings. The number of ether oxygens (including phenoxy) is 1. The number of nitrogens with zero attached hydrogens (tertiary/aromatic N) is 2. The van der Waals surface area contributed by atoms with Crippen LogP contribution in [0, 0.1) is 20.8 Å². The molecule has 0 aliphatic carbocycles. The molecule has 1 saturated heterocycles. The maximum atomic E-state index is 13.7. The van der Waals surface area contributed by atoms with Crippen LogP contribution >= 0.6 is 0 Å². The number of hydrogen-bond donors (Lipinski definition) is 0. The Hall–Kier alpha value is -1.94. The lowest BCUT2D eigenvalue weighted by Crippen LogP contribution is -2.43. The molecule has 0 bridgehead atoms. The molecular formula is C23H29F3N2O3S. The third-order valence-corrected chi connectivity index (χ3v) is 7.76. The normalized spacial score (nSPS) is 16.0. The van der Waals surface area contributed by atoms with Gasteiger partial charge in [-0.3, -0.25) is 4.90 Å². The van der Waals surface area contributed by atoms with Crippen LogP contribution in [-0.4, -0.2) is 57.0 Å². The van der Waals surface area contributed by atoms with E-state index in [4.69, 9.17) is 4.74 Å². The second kappa shape index (κ2) is 9.91. The standard InChI is InChI=1S/C23H29F3N2O3S/c1-17-14-18(2)22(19(3)15-17)32(29,30)28(9-8-27-10-12-31-13-11-27)16-20-4-6-21(7-5-20)23(24,25)26/h4-7,14-15H,8-13,16H2,1-3H3. The number of benzene rings is 2. The van der Waals surface area contributed by atoms with Crippen molar-refractivity contribution >= 4 is 10.0 Å². The summed E-state index contributed by atoms with van der Waals surface area (Å²) in [5.74, 6) is 0. The highest BCUT2D eigenvalue weighted by Crippen LogP contribution is 2.30. The van der Waals surface area contributed by atoms with Gasteiger partial charge in [0.15, 0.2) is 0 Å². The van der Waals surface area contributed by atoms with E-state index in [1.54, 1.807) is 13.8 Å². The van der Waals surface area contributed by atoms with Gasteiger partial charge < -0.3 is 4.74 Å². The van der Waals surface area contributed by atoms with Crippen LogP contribution in [-0.2, 0) is 27.5 Å². The van der Waals surface area contributed by atoms with E-state index in [1.807, 2.05) is 19.1 Å². The zero-order valence-electron chi connectivity index (χ0n) is 18.6. The summed E-state index contributed by atoms with van der Waals surface area (Å²) in [5.41, 5.74) is 2.04. The first-order chi connectivity index (χ1) is 15.0. The molecule has 32 heavy (non-hydrogen) atoms. The minimum Gasteiger partial charge on any atom is -0.379 e. The summed E-state index contributed by atoms with van der Waals surface area (Å²) in [4.78, 5) is 2.39. The van der Waals surface area contributed by atoms with Crippen molar-refractivity contribution in [2.45, 2.75) is 38.4 Å². The average Bonchev–Trinajstić information content (AvgIpc) is 2.70. The zero-order chi connectivity index (χ0) is 23.5. The highest BCUT2D eigenvalue weighted by molar-refractivity contribution is 7.89. The van der Waals surface area contributed by atoms with Crippen LogP contribution in [0.4, 0.5) is 13.2 Å². The van der Waals surface area contributed by atoms with Crippen molar-refractivity contribution in [1.82, 2.24) is 9.21 Å². The van der Waals surface area contributed by atoms with Crippen LogP contribution in [0.2, 0.25) is 0 Å². The summed E-state index contributed by atoms with van der Waals surface area (Å²) >= 11 is 0. The molecule has 1 fully saturated rings. The Morgan fingerprint density at radius 2 is 1.56 bits per heavy atom. The van der Waals surface area contributed by atoms with Crippen molar-refractivity contribution in [2.75, 3.05) is 39.4 Å². The number of halogens is 3. The first-order valence-electron chi connectivity index (χ1n) is 10.5. The van der Waals surface area contributed by atoms with E-state index in [1.165, 1.54) is 16.4 Å². The Morgan fingerprint density at radius 1 is 1.00 bits per heavy atom. The van der Waals surface area contributed by atoms with E-state index in [9.17, 15) is 21.6 Å². The van der Waals surface area contributed by atoms with Crippen molar-refractivity contribution in [1.29, 1.82) is 0 Å². The summed E-state index contributed by atoms with van der Waals surface area (Å²) in [6.07, 6.45) is -4.43. The summed E-state index contributed by atoms with van der Waals surface area (Å²) in [5, 5.41) is 0. The molecule has 176 valence electrons. The zero-order valence-corrected chi connectivity index (χ0v) is 19.4. The van der Waals surface area contributed by atoms with Gasteiger partial charge in [-0.15, -0.1) is 0 Å². The number of aryl methyl sites for hydroxylation is 3. The molecule has 3 rings (SSSR count). The summed E-state index contributed by atoms with van der Waals surface area (Å²) in [6.45, 7) is 8.84. The lowest BCUT2D eigenvalue weighted by molar-refractivity contribution is -0.137. The van der Waals surface area contributed by atoms with Crippen molar-refractivity contribution in [3.63, 3.8) is 0 Å². The molecule has 0 saturated carbocycles. The molecule has 0 radical (unpaired) electrons. The molecular weight excluding hydrogens is 441 g/mol. The van der Waals surface area contributed by atoms with E-state index in [2.05, 4.69) is 4.90 Å². The van der Waals surface area contributed by atoms with E-state index >= 15 is 0 Å². The number of morpholine rings is 1. The lowest BCUT2D eigenvalue weighted by Gasteiger charge is -2.30. The molecule has 1 heterocycles.